The molecule has 1 aromatic rings. The van der Waals surface area contributed by atoms with Gasteiger partial charge in [-0.15, -0.1) is 0 Å². The highest BCUT2D eigenvalue weighted by Gasteiger charge is 2.32. The van der Waals surface area contributed by atoms with Crippen molar-refractivity contribution < 1.29 is 9.72 Å². The van der Waals surface area contributed by atoms with Gasteiger partial charge < -0.3 is 11.1 Å². The number of benzene rings is 1. The lowest BCUT2D eigenvalue weighted by atomic mass is 9.89. The van der Waals surface area contributed by atoms with Crippen molar-refractivity contribution in [3.63, 3.8) is 0 Å². The minimum Gasteiger partial charge on any atom is -0.323 e. The highest BCUT2D eigenvalue weighted by atomic mass is 35.5. The van der Waals surface area contributed by atoms with Gasteiger partial charge in [0.2, 0.25) is 5.91 Å². The van der Waals surface area contributed by atoms with Gasteiger partial charge in [0.15, 0.2) is 0 Å². The number of anilines is 1. The van der Waals surface area contributed by atoms with Crippen LogP contribution in [0.2, 0.25) is 5.02 Å². The van der Waals surface area contributed by atoms with Gasteiger partial charge in [-0.3, -0.25) is 14.9 Å². The van der Waals surface area contributed by atoms with Crippen LogP contribution in [0.1, 0.15) is 39.5 Å². The van der Waals surface area contributed by atoms with Crippen LogP contribution in [0.4, 0.5) is 11.4 Å². The molecule has 6 nitrogen and oxygen atoms in total. The molecule has 0 unspecified atom stereocenters. The molecular weight excluding hydrogens is 294 g/mol. The van der Waals surface area contributed by atoms with Crippen LogP contribution >= 0.6 is 11.6 Å². The molecule has 0 atom stereocenters. The maximum atomic E-state index is 12.4. The van der Waals surface area contributed by atoms with E-state index in [9.17, 15) is 14.9 Å². The summed E-state index contributed by atoms with van der Waals surface area (Å²) >= 11 is 5.96. The number of nitrogens with two attached hydrogens (primary N) is 1. The van der Waals surface area contributed by atoms with Gasteiger partial charge in [0.25, 0.3) is 5.69 Å². The van der Waals surface area contributed by atoms with Crippen molar-refractivity contribution in [3.8, 4) is 0 Å². The van der Waals surface area contributed by atoms with E-state index in [0.717, 1.165) is 12.8 Å². The Kier molecular flexibility index (Phi) is 6.11. The van der Waals surface area contributed by atoms with E-state index in [1.165, 1.54) is 18.2 Å². The largest absolute Gasteiger partial charge is 0.323 e. The number of hydrogen-bond donors (Lipinski definition) is 2. The zero-order valence-electron chi connectivity index (χ0n) is 12.2. The van der Waals surface area contributed by atoms with E-state index in [0.29, 0.717) is 18.5 Å². The molecular formula is C14H20ClN3O3. The number of nitrogens with zero attached hydrogens (tertiary/aromatic N) is 1. The second kappa shape index (κ2) is 7.38. The summed E-state index contributed by atoms with van der Waals surface area (Å²) in [7, 11) is 0. The number of nitro groups is 1. The van der Waals surface area contributed by atoms with E-state index in [2.05, 4.69) is 5.32 Å². The molecule has 116 valence electrons. The standard InChI is InChI=1S/C14H20ClN3O3/c1-3-7-14(16,8-4-2)13(19)17-12-6-5-10(18(20)21)9-11(12)15/h5-6,9H,3-4,7-8,16H2,1-2H3,(H,17,19). The molecule has 0 bridgehead atoms. The smallest absolute Gasteiger partial charge is 0.271 e. The minimum absolute atomic E-state index is 0.118. The van der Waals surface area contributed by atoms with Gasteiger partial charge in [-0.05, 0) is 18.9 Å². The number of carbonyl (C=O) groups excluding carboxylic acids is 1. The van der Waals surface area contributed by atoms with Crippen LogP contribution < -0.4 is 11.1 Å². The van der Waals surface area contributed by atoms with Crippen molar-refractivity contribution in [2.45, 2.75) is 45.1 Å². The van der Waals surface area contributed by atoms with Crippen LogP contribution in [0.3, 0.4) is 0 Å². The number of carbonyl (C=O) groups is 1. The summed E-state index contributed by atoms with van der Waals surface area (Å²) in [5, 5.41) is 13.4. The molecule has 0 aliphatic carbocycles. The van der Waals surface area contributed by atoms with Crippen molar-refractivity contribution >= 4 is 28.9 Å². The van der Waals surface area contributed by atoms with Crippen LogP contribution in [-0.2, 0) is 4.79 Å². The summed E-state index contributed by atoms with van der Waals surface area (Å²) in [5.41, 5.74) is 5.43. The van der Waals surface area contributed by atoms with Crippen molar-refractivity contribution in [2.24, 2.45) is 5.73 Å². The second-order valence-corrected chi connectivity index (χ2v) is 5.44. The second-order valence-electron chi connectivity index (χ2n) is 5.03. The number of rotatable bonds is 7. The molecule has 0 radical (unpaired) electrons. The fraction of sp³-hybridized carbons (Fsp3) is 0.500. The van der Waals surface area contributed by atoms with Crippen LogP contribution in [0, 0.1) is 10.1 Å². The number of nitrogens with one attached hydrogen (secondary N) is 1. The first-order chi connectivity index (χ1) is 9.84. The Morgan fingerprint density at radius 2 is 1.95 bits per heavy atom. The van der Waals surface area contributed by atoms with E-state index in [1.807, 2.05) is 13.8 Å². The zero-order chi connectivity index (χ0) is 16.0. The summed E-state index contributed by atoms with van der Waals surface area (Å²) in [6.45, 7) is 3.92. The summed E-state index contributed by atoms with van der Waals surface area (Å²) in [6.07, 6.45) is 2.71. The molecule has 7 heteroatoms. The van der Waals surface area contributed by atoms with Gasteiger partial charge >= 0.3 is 0 Å². The molecule has 0 aliphatic heterocycles. The molecule has 0 aromatic heterocycles. The zero-order valence-corrected chi connectivity index (χ0v) is 12.9. The van der Waals surface area contributed by atoms with Crippen LogP contribution in [0.15, 0.2) is 18.2 Å². The van der Waals surface area contributed by atoms with E-state index in [1.54, 1.807) is 0 Å². The molecule has 0 saturated heterocycles. The molecule has 0 saturated carbocycles. The first-order valence-electron chi connectivity index (χ1n) is 6.88. The van der Waals surface area contributed by atoms with Gasteiger partial charge in [-0.2, -0.15) is 0 Å². The van der Waals surface area contributed by atoms with Crippen molar-refractivity contribution in [2.75, 3.05) is 5.32 Å². The highest BCUT2D eigenvalue weighted by Crippen LogP contribution is 2.28. The molecule has 1 aromatic carbocycles. The van der Waals surface area contributed by atoms with Crippen LogP contribution in [0.25, 0.3) is 0 Å². The van der Waals surface area contributed by atoms with Gasteiger partial charge in [-0.25, -0.2) is 0 Å². The maximum absolute atomic E-state index is 12.4. The lowest BCUT2D eigenvalue weighted by Crippen LogP contribution is -2.51. The normalized spacial score (nSPS) is 11.2. The number of halogens is 1. The first-order valence-corrected chi connectivity index (χ1v) is 7.26. The van der Waals surface area contributed by atoms with Gasteiger partial charge in [0.05, 0.1) is 21.2 Å². The maximum Gasteiger partial charge on any atom is 0.271 e. The lowest BCUT2D eigenvalue weighted by Gasteiger charge is -2.27. The summed E-state index contributed by atoms with van der Waals surface area (Å²) < 4.78 is 0. The van der Waals surface area contributed by atoms with E-state index < -0.39 is 10.5 Å². The lowest BCUT2D eigenvalue weighted by molar-refractivity contribution is -0.384. The number of hydrogen-bond acceptors (Lipinski definition) is 4. The molecule has 0 aliphatic rings. The van der Waals surface area contributed by atoms with Crippen molar-refractivity contribution in [1.29, 1.82) is 0 Å². The molecule has 0 fully saturated rings. The average molecular weight is 314 g/mol. The SMILES string of the molecule is CCCC(N)(CCC)C(=O)Nc1ccc([N+](=O)[O-])cc1Cl. The molecule has 0 spiro atoms. The number of non-ortho nitro benzene ring substituents is 1. The third-order valence-corrected chi connectivity index (χ3v) is 3.57. The Balaban J connectivity index is 2.93. The van der Waals surface area contributed by atoms with E-state index in [-0.39, 0.29) is 16.6 Å². The summed E-state index contributed by atoms with van der Waals surface area (Å²) in [4.78, 5) is 22.5. The summed E-state index contributed by atoms with van der Waals surface area (Å²) in [5.74, 6) is -0.318. The Morgan fingerprint density at radius 1 is 1.38 bits per heavy atom. The fourth-order valence-electron chi connectivity index (χ4n) is 2.21. The van der Waals surface area contributed by atoms with Crippen molar-refractivity contribution in [3.05, 3.63) is 33.3 Å². The molecule has 1 rings (SSSR count). The van der Waals surface area contributed by atoms with E-state index >= 15 is 0 Å². The van der Waals surface area contributed by atoms with Gasteiger partial charge in [0, 0.05) is 12.1 Å². The summed E-state index contributed by atoms with van der Waals surface area (Å²) in [6, 6.07) is 3.91. The monoisotopic (exact) mass is 313 g/mol. The van der Waals surface area contributed by atoms with Gasteiger partial charge in [-0.1, -0.05) is 38.3 Å². The fourth-order valence-corrected chi connectivity index (χ4v) is 2.43. The molecule has 3 N–H and O–H groups in total. The minimum atomic E-state index is -0.950. The third kappa shape index (κ3) is 4.41. The van der Waals surface area contributed by atoms with Crippen LogP contribution in [-0.4, -0.2) is 16.4 Å². The van der Waals surface area contributed by atoms with E-state index in [4.69, 9.17) is 17.3 Å². The van der Waals surface area contributed by atoms with Crippen LogP contribution in [0.5, 0.6) is 0 Å². The topological polar surface area (TPSA) is 98.3 Å². The number of nitro benzene ring substituents is 1. The Bertz CT molecular complexity index is 528. The average Bonchev–Trinajstić information content (AvgIpc) is 2.41. The molecule has 1 amide bonds. The third-order valence-electron chi connectivity index (χ3n) is 3.26. The van der Waals surface area contributed by atoms with Gasteiger partial charge in [0.1, 0.15) is 0 Å². The number of amides is 1. The molecule has 0 heterocycles. The molecule has 21 heavy (non-hydrogen) atoms. The van der Waals surface area contributed by atoms with Crippen molar-refractivity contribution in [1.82, 2.24) is 0 Å². The Hall–Kier alpha value is -1.66. The predicted molar refractivity (Wildman–Crippen MR) is 83.5 cm³/mol. The Labute approximate surface area is 128 Å². The Morgan fingerprint density at radius 3 is 2.38 bits per heavy atom. The first kappa shape index (κ1) is 17.4. The highest BCUT2D eigenvalue weighted by molar-refractivity contribution is 6.34. The predicted octanol–water partition coefficient (Wildman–Crippen LogP) is 3.48. The quantitative estimate of drug-likeness (QED) is 0.594.